The van der Waals surface area contributed by atoms with Crippen LogP contribution in [0.1, 0.15) is 61.5 Å². The molecule has 0 amide bonds. The van der Waals surface area contributed by atoms with Crippen molar-refractivity contribution in [3.63, 3.8) is 0 Å². The number of halogens is 1. The smallest absolute Gasteiger partial charge is 0.254 e. The molecule has 1 aromatic heterocycles. The zero-order chi connectivity index (χ0) is 21.0. The molecule has 5 nitrogen and oxygen atoms in total. The van der Waals surface area contributed by atoms with Crippen LogP contribution in [-0.2, 0) is 12.8 Å². The Labute approximate surface area is 182 Å². The number of aromatic nitrogens is 2. The number of aromatic amines is 1. The van der Waals surface area contributed by atoms with Crippen molar-refractivity contribution in [3.05, 3.63) is 57.5 Å². The number of hydrogen-bond donors (Lipinski definition) is 1. The van der Waals surface area contributed by atoms with E-state index < -0.39 is 0 Å². The first-order valence-electron chi connectivity index (χ1n) is 12.0. The van der Waals surface area contributed by atoms with Gasteiger partial charge in [0, 0.05) is 49.4 Å². The maximum atomic E-state index is 13.6. The van der Waals surface area contributed by atoms with Gasteiger partial charge in [-0.2, -0.15) is 0 Å². The molecule has 1 saturated heterocycles. The van der Waals surface area contributed by atoms with Crippen molar-refractivity contribution in [3.8, 4) is 0 Å². The van der Waals surface area contributed by atoms with Crippen molar-refractivity contribution >= 4 is 5.69 Å². The van der Waals surface area contributed by atoms with Gasteiger partial charge in [-0.15, -0.1) is 0 Å². The second kappa shape index (κ2) is 7.44. The topological polar surface area (TPSA) is 52.2 Å². The van der Waals surface area contributed by atoms with Crippen LogP contribution in [0.25, 0.3) is 0 Å². The highest BCUT2D eigenvalue weighted by Gasteiger charge is 2.46. The molecule has 2 aromatic rings. The summed E-state index contributed by atoms with van der Waals surface area (Å²) in [7, 11) is 0. The second-order valence-electron chi connectivity index (χ2n) is 10.2. The highest BCUT2D eigenvalue weighted by molar-refractivity contribution is 5.46. The molecule has 0 bridgehead atoms. The summed E-state index contributed by atoms with van der Waals surface area (Å²) in [6, 6.07) is 7.46. The lowest BCUT2D eigenvalue weighted by Crippen LogP contribution is -2.49. The standard InChI is InChI=1S/C25H31FN4O/c26-18-2-1-3-19(15-18)29-10-12-30(13-11-29)20-5-4-17(14-20)23-27-22-6-7-25(8-9-25)16-21(22)24(31)28-23/h1-3,15,17,20H,4-14,16H2,(H,27,28,31)/t17-,20+/m0/s1. The number of hydrogen-bond acceptors (Lipinski definition) is 4. The Kier molecular flexibility index (Phi) is 4.67. The van der Waals surface area contributed by atoms with Gasteiger partial charge in [-0.25, -0.2) is 9.37 Å². The molecule has 31 heavy (non-hydrogen) atoms. The van der Waals surface area contributed by atoms with E-state index in [4.69, 9.17) is 4.98 Å². The van der Waals surface area contributed by atoms with Crippen molar-refractivity contribution < 1.29 is 4.39 Å². The van der Waals surface area contributed by atoms with Gasteiger partial charge < -0.3 is 9.88 Å². The van der Waals surface area contributed by atoms with Gasteiger partial charge in [0.15, 0.2) is 0 Å². The molecule has 164 valence electrons. The average Bonchev–Trinajstić information content (AvgIpc) is 3.34. The molecular weight excluding hydrogens is 391 g/mol. The lowest BCUT2D eigenvalue weighted by Gasteiger charge is -2.39. The van der Waals surface area contributed by atoms with Crippen LogP contribution in [0.5, 0.6) is 0 Å². The van der Waals surface area contributed by atoms with Gasteiger partial charge in [0.25, 0.3) is 5.56 Å². The molecule has 3 aliphatic carbocycles. The summed E-state index contributed by atoms with van der Waals surface area (Å²) in [4.78, 5) is 25.8. The van der Waals surface area contributed by atoms with E-state index in [9.17, 15) is 9.18 Å². The fourth-order valence-corrected chi connectivity index (χ4v) is 6.15. The normalized spacial score (nSPS) is 27.5. The fraction of sp³-hybridized carbons (Fsp3) is 0.600. The molecule has 1 aliphatic heterocycles. The molecule has 6 heteroatoms. The van der Waals surface area contributed by atoms with Gasteiger partial charge >= 0.3 is 0 Å². The van der Waals surface area contributed by atoms with Gasteiger partial charge in [-0.1, -0.05) is 6.07 Å². The first-order valence-corrected chi connectivity index (χ1v) is 12.0. The fourth-order valence-electron chi connectivity index (χ4n) is 6.15. The minimum atomic E-state index is -0.169. The Morgan fingerprint density at radius 3 is 2.71 bits per heavy atom. The summed E-state index contributed by atoms with van der Waals surface area (Å²) < 4.78 is 13.6. The van der Waals surface area contributed by atoms with Crippen LogP contribution in [0.2, 0.25) is 0 Å². The third kappa shape index (κ3) is 3.69. The van der Waals surface area contributed by atoms with Crippen molar-refractivity contribution in [2.75, 3.05) is 31.1 Å². The molecule has 1 N–H and O–H groups in total. The average molecular weight is 423 g/mol. The first kappa shape index (κ1) is 19.5. The van der Waals surface area contributed by atoms with E-state index in [2.05, 4.69) is 14.8 Å². The van der Waals surface area contributed by atoms with Crippen LogP contribution in [0.4, 0.5) is 10.1 Å². The van der Waals surface area contributed by atoms with E-state index in [0.29, 0.717) is 17.4 Å². The number of rotatable bonds is 3. The third-order valence-corrected chi connectivity index (χ3v) is 8.32. The van der Waals surface area contributed by atoms with Gasteiger partial charge in [0.1, 0.15) is 11.6 Å². The van der Waals surface area contributed by atoms with E-state index >= 15 is 0 Å². The van der Waals surface area contributed by atoms with Crippen molar-refractivity contribution in [1.29, 1.82) is 0 Å². The summed E-state index contributed by atoms with van der Waals surface area (Å²) >= 11 is 0. The Bertz CT molecular complexity index is 1040. The van der Waals surface area contributed by atoms with Crippen molar-refractivity contribution in [2.24, 2.45) is 5.41 Å². The third-order valence-electron chi connectivity index (χ3n) is 8.32. The lowest BCUT2D eigenvalue weighted by atomic mass is 9.84. The van der Waals surface area contributed by atoms with E-state index in [1.54, 1.807) is 12.1 Å². The van der Waals surface area contributed by atoms with Gasteiger partial charge in [0.05, 0.1) is 5.69 Å². The predicted molar refractivity (Wildman–Crippen MR) is 119 cm³/mol. The first-order chi connectivity index (χ1) is 15.1. The van der Waals surface area contributed by atoms with E-state index in [1.165, 1.54) is 25.3 Å². The maximum Gasteiger partial charge on any atom is 0.254 e. The largest absolute Gasteiger partial charge is 0.369 e. The van der Waals surface area contributed by atoms with Gasteiger partial charge in [-0.05, 0) is 75.0 Å². The number of H-pyrrole nitrogens is 1. The Morgan fingerprint density at radius 2 is 1.94 bits per heavy atom. The monoisotopic (exact) mass is 422 g/mol. The van der Waals surface area contributed by atoms with E-state index in [-0.39, 0.29) is 11.4 Å². The summed E-state index contributed by atoms with van der Waals surface area (Å²) in [5, 5.41) is 0. The van der Waals surface area contributed by atoms with Crippen LogP contribution in [0.3, 0.4) is 0 Å². The highest BCUT2D eigenvalue weighted by Crippen LogP contribution is 2.54. The maximum absolute atomic E-state index is 13.6. The van der Waals surface area contributed by atoms with Crippen LogP contribution in [0, 0.1) is 11.2 Å². The molecule has 2 atom stereocenters. The molecule has 3 fully saturated rings. The zero-order valence-corrected chi connectivity index (χ0v) is 18.1. The summed E-state index contributed by atoms with van der Waals surface area (Å²) in [6.07, 6.45) is 9.02. The summed E-state index contributed by atoms with van der Waals surface area (Å²) in [5.41, 5.74) is 3.58. The minimum Gasteiger partial charge on any atom is -0.369 e. The number of piperazine rings is 1. The molecular formula is C25H31FN4O. The summed E-state index contributed by atoms with van der Waals surface area (Å²) in [5.74, 6) is 1.12. The summed E-state index contributed by atoms with van der Waals surface area (Å²) in [6.45, 7) is 3.87. The Hall–Kier alpha value is -2.21. The Morgan fingerprint density at radius 1 is 1.10 bits per heavy atom. The molecule has 0 unspecified atom stereocenters. The molecule has 2 saturated carbocycles. The number of aryl methyl sites for hydroxylation is 1. The highest BCUT2D eigenvalue weighted by atomic mass is 19.1. The lowest BCUT2D eigenvalue weighted by molar-refractivity contribution is 0.186. The van der Waals surface area contributed by atoms with Crippen molar-refractivity contribution in [2.45, 2.75) is 63.3 Å². The van der Waals surface area contributed by atoms with Crippen molar-refractivity contribution in [1.82, 2.24) is 14.9 Å². The SMILES string of the molecule is O=c1[nH]c([C@H]2CC[C@@H](N3CCN(c4cccc(F)c4)CC3)C2)nc2c1CC1(CC2)CC1. The number of fused-ring (bicyclic) bond motifs is 1. The molecule has 1 spiro atoms. The quantitative estimate of drug-likeness (QED) is 0.821. The van der Waals surface area contributed by atoms with Crippen LogP contribution in [-0.4, -0.2) is 47.1 Å². The van der Waals surface area contributed by atoms with Crippen LogP contribution >= 0.6 is 0 Å². The zero-order valence-electron chi connectivity index (χ0n) is 18.1. The van der Waals surface area contributed by atoms with E-state index in [1.807, 2.05) is 6.07 Å². The molecule has 4 aliphatic rings. The molecule has 1 aromatic carbocycles. The number of nitrogens with zero attached hydrogens (tertiary/aromatic N) is 3. The molecule has 6 rings (SSSR count). The minimum absolute atomic E-state index is 0.123. The van der Waals surface area contributed by atoms with Gasteiger partial charge in [0.2, 0.25) is 0 Å². The Balaban J connectivity index is 1.10. The van der Waals surface area contributed by atoms with Crippen LogP contribution < -0.4 is 10.5 Å². The molecule has 2 heterocycles. The number of anilines is 1. The van der Waals surface area contributed by atoms with E-state index in [0.717, 1.165) is 81.1 Å². The predicted octanol–water partition coefficient (Wildman–Crippen LogP) is 3.64. The number of nitrogens with one attached hydrogen (secondary N) is 1. The van der Waals surface area contributed by atoms with Gasteiger partial charge in [-0.3, -0.25) is 9.69 Å². The molecule has 0 radical (unpaired) electrons. The number of benzene rings is 1. The van der Waals surface area contributed by atoms with Crippen LogP contribution in [0.15, 0.2) is 29.1 Å². The second-order valence-corrected chi connectivity index (χ2v) is 10.2.